The van der Waals surface area contributed by atoms with E-state index in [9.17, 15) is 9.59 Å². The fourth-order valence-corrected chi connectivity index (χ4v) is 4.53. The van der Waals surface area contributed by atoms with Crippen molar-refractivity contribution in [3.63, 3.8) is 0 Å². The number of hydrogen-bond donors (Lipinski definition) is 1. The highest BCUT2D eigenvalue weighted by Gasteiger charge is 2.40. The van der Waals surface area contributed by atoms with Crippen molar-refractivity contribution in [1.29, 1.82) is 0 Å². The van der Waals surface area contributed by atoms with E-state index in [1.54, 1.807) is 23.1 Å². The summed E-state index contributed by atoms with van der Waals surface area (Å²) in [6.45, 7) is 3.95. The lowest BCUT2D eigenvalue weighted by Crippen LogP contribution is -2.57. The van der Waals surface area contributed by atoms with Gasteiger partial charge in [-0.25, -0.2) is 0 Å². The summed E-state index contributed by atoms with van der Waals surface area (Å²) in [5, 5.41) is 0.698. The van der Waals surface area contributed by atoms with Crippen molar-refractivity contribution in [3.05, 3.63) is 33.8 Å². The molecule has 2 N–H and O–H groups in total. The molecule has 0 spiro atoms. The van der Waals surface area contributed by atoms with Crippen LogP contribution in [0.4, 0.5) is 0 Å². The first kappa shape index (κ1) is 22.3. The van der Waals surface area contributed by atoms with Gasteiger partial charge in [0.2, 0.25) is 5.91 Å². The monoisotopic (exact) mass is 433 g/mol. The molecular formula is C19H26Cl3N3O2. The molecule has 2 fully saturated rings. The van der Waals surface area contributed by atoms with Gasteiger partial charge in [-0.1, -0.05) is 42.1 Å². The number of carbonyl (C=O) groups is 2. The van der Waals surface area contributed by atoms with E-state index in [1.165, 1.54) is 0 Å². The summed E-state index contributed by atoms with van der Waals surface area (Å²) in [5.41, 5.74) is 6.27. The molecule has 150 valence electrons. The molecule has 1 aliphatic heterocycles. The Morgan fingerprint density at radius 1 is 1.07 bits per heavy atom. The molecule has 2 amide bonds. The predicted octanol–water partition coefficient (Wildman–Crippen LogP) is 3.61. The number of benzene rings is 1. The molecule has 5 nitrogen and oxygen atoms in total. The molecule has 27 heavy (non-hydrogen) atoms. The van der Waals surface area contributed by atoms with Crippen molar-refractivity contribution in [2.75, 3.05) is 26.2 Å². The van der Waals surface area contributed by atoms with E-state index in [-0.39, 0.29) is 30.1 Å². The number of amides is 2. The molecule has 0 radical (unpaired) electrons. The molecule has 1 aliphatic carbocycles. The zero-order chi connectivity index (χ0) is 18.9. The molecule has 0 aromatic heterocycles. The molecule has 1 heterocycles. The van der Waals surface area contributed by atoms with Gasteiger partial charge in [0.1, 0.15) is 0 Å². The number of rotatable bonds is 2. The van der Waals surface area contributed by atoms with Gasteiger partial charge in [0.05, 0.1) is 21.5 Å². The van der Waals surface area contributed by atoms with Crippen LogP contribution in [0, 0.1) is 5.92 Å². The molecule has 3 rings (SSSR count). The van der Waals surface area contributed by atoms with Crippen LogP contribution < -0.4 is 5.73 Å². The topological polar surface area (TPSA) is 66.6 Å². The van der Waals surface area contributed by atoms with Gasteiger partial charge in [0, 0.05) is 31.7 Å². The van der Waals surface area contributed by atoms with Crippen LogP contribution in [0.2, 0.25) is 10.0 Å². The fraction of sp³-hybridized carbons (Fsp3) is 0.579. The summed E-state index contributed by atoms with van der Waals surface area (Å²) in [7, 11) is 0. The zero-order valence-electron chi connectivity index (χ0n) is 15.4. The lowest BCUT2D eigenvalue weighted by atomic mass is 9.74. The highest BCUT2D eigenvalue weighted by molar-refractivity contribution is 6.39. The maximum atomic E-state index is 12.9. The van der Waals surface area contributed by atoms with Gasteiger partial charge in [-0.15, -0.1) is 12.4 Å². The maximum Gasteiger partial charge on any atom is 0.257 e. The highest BCUT2D eigenvalue weighted by Crippen LogP contribution is 2.33. The van der Waals surface area contributed by atoms with E-state index in [2.05, 4.69) is 0 Å². The second-order valence-corrected chi connectivity index (χ2v) is 8.33. The molecule has 1 saturated heterocycles. The minimum Gasteiger partial charge on any atom is -0.339 e. The van der Waals surface area contributed by atoms with Gasteiger partial charge >= 0.3 is 0 Å². The first-order chi connectivity index (χ1) is 12.3. The third kappa shape index (κ3) is 4.70. The summed E-state index contributed by atoms with van der Waals surface area (Å²) in [6, 6.07) is 5.03. The van der Waals surface area contributed by atoms with E-state index in [1.807, 2.05) is 11.8 Å². The minimum absolute atomic E-state index is 0. The van der Waals surface area contributed by atoms with Crippen LogP contribution in [-0.4, -0.2) is 53.3 Å². The SMILES string of the molecule is CC1(N)CCCCC1C(=O)N1CCN(C(=O)c2c(Cl)cccc2Cl)CC1.Cl. The van der Waals surface area contributed by atoms with Crippen LogP contribution in [0.5, 0.6) is 0 Å². The number of nitrogens with zero attached hydrogens (tertiary/aromatic N) is 2. The Labute approximate surface area is 176 Å². The average Bonchev–Trinajstić information content (AvgIpc) is 2.60. The summed E-state index contributed by atoms with van der Waals surface area (Å²) < 4.78 is 0. The summed E-state index contributed by atoms with van der Waals surface area (Å²) in [4.78, 5) is 29.2. The van der Waals surface area contributed by atoms with Gasteiger partial charge in [-0.05, 0) is 31.9 Å². The lowest BCUT2D eigenvalue weighted by molar-refractivity contribution is -0.140. The van der Waals surface area contributed by atoms with Crippen molar-refractivity contribution in [2.24, 2.45) is 11.7 Å². The van der Waals surface area contributed by atoms with Crippen molar-refractivity contribution < 1.29 is 9.59 Å². The highest BCUT2D eigenvalue weighted by atomic mass is 35.5. The van der Waals surface area contributed by atoms with Crippen LogP contribution in [-0.2, 0) is 4.79 Å². The molecule has 2 unspecified atom stereocenters. The predicted molar refractivity (Wildman–Crippen MR) is 111 cm³/mol. The molecule has 2 aliphatic rings. The maximum absolute atomic E-state index is 12.9. The number of hydrogen-bond acceptors (Lipinski definition) is 3. The van der Waals surface area contributed by atoms with E-state index < -0.39 is 5.54 Å². The quantitative estimate of drug-likeness (QED) is 0.773. The van der Waals surface area contributed by atoms with Crippen LogP contribution in [0.15, 0.2) is 18.2 Å². The van der Waals surface area contributed by atoms with Gasteiger partial charge < -0.3 is 15.5 Å². The van der Waals surface area contributed by atoms with Crippen molar-refractivity contribution in [3.8, 4) is 0 Å². The molecule has 2 atom stereocenters. The van der Waals surface area contributed by atoms with Crippen LogP contribution in [0.1, 0.15) is 43.0 Å². The van der Waals surface area contributed by atoms with Crippen molar-refractivity contribution in [2.45, 2.75) is 38.1 Å². The molecular weight excluding hydrogens is 409 g/mol. The van der Waals surface area contributed by atoms with E-state index in [4.69, 9.17) is 28.9 Å². The summed E-state index contributed by atoms with van der Waals surface area (Å²) in [5.74, 6) is -0.192. The summed E-state index contributed by atoms with van der Waals surface area (Å²) in [6.07, 6.45) is 3.86. The standard InChI is InChI=1S/C19H25Cl2N3O2.ClH/c1-19(22)8-3-2-5-13(19)17(25)23-9-11-24(12-10-23)18(26)16-14(20)6-4-7-15(16)21;/h4,6-7,13H,2-3,5,8-12,22H2,1H3;1H. The fourth-order valence-electron chi connectivity index (χ4n) is 3.97. The Hall–Kier alpha value is -1.01. The normalized spacial score (nSPS) is 25.7. The molecule has 0 bridgehead atoms. The minimum atomic E-state index is -0.437. The lowest BCUT2D eigenvalue weighted by Gasteiger charge is -2.42. The van der Waals surface area contributed by atoms with E-state index in [0.717, 1.165) is 25.7 Å². The van der Waals surface area contributed by atoms with Crippen LogP contribution >= 0.6 is 35.6 Å². The van der Waals surface area contributed by atoms with Gasteiger partial charge in [-0.3, -0.25) is 9.59 Å². The number of piperazine rings is 1. The second kappa shape index (κ2) is 8.99. The molecule has 8 heteroatoms. The Kier molecular flexibility index (Phi) is 7.42. The largest absolute Gasteiger partial charge is 0.339 e. The molecule has 1 aromatic rings. The Balaban J connectivity index is 0.00000261. The van der Waals surface area contributed by atoms with Crippen LogP contribution in [0.25, 0.3) is 0 Å². The third-order valence-corrected chi connectivity index (χ3v) is 6.24. The number of halogens is 3. The first-order valence-electron chi connectivity index (χ1n) is 9.12. The second-order valence-electron chi connectivity index (χ2n) is 7.52. The Morgan fingerprint density at radius 2 is 1.63 bits per heavy atom. The van der Waals surface area contributed by atoms with Crippen LogP contribution in [0.3, 0.4) is 0 Å². The van der Waals surface area contributed by atoms with Crippen molar-refractivity contribution in [1.82, 2.24) is 9.80 Å². The van der Waals surface area contributed by atoms with E-state index >= 15 is 0 Å². The molecule has 1 saturated carbocycles. The van der Waals surface area contributed by atoms with Crippen molar-refractivity contribution >= 4 is 47.4 Å². The Morgan fingerprint density at radius 3 is 2.19 bits per heavy atom. The summed E-state index contributed by atoms with van der Waals surface area (Å²) >= 11 is 12.3. The van der Waals surface area contributed by atoms with Gasteiger partial charge in [0.15, 0.2) is 0 Å². The van der Waals surface area contributed by atoms with Gasteiger partial charge in [-0.2, -0.15) is 0 Å². The average molecular weight is 435 g/mol. The smallest absolute Gasteiger partial charge is 0.257 e. The number of nitrogens with two attached hydrogens (primary N) is 1. The van der Waals surface area contributed by atoms with Gasteiger partial charge in [0.25, 0.3) is 5.91 Å². The first-order valence-corrected chi connectivity index (χ1v) is 9.88. The number of carbonyl (C=O) groups excluding carboxylic acids is 2. The third-order valence-electron chi connectivity index (χ3n) is 5.61. The molecule has 1 aromatic carbocycles. The zero-order valence-corrected chi connectivity index (χ0v) is 17.7. The Bertz CT molecular complexity index is 683. The van der Waals surface area contributed by atoms with E-state index in [0.29, 0.717) is 41.8 Å².